The summed E-state index contributed by atoms with van der Waals surface area (Å²) in [5, 5.41) is 2.81. The minimum Gasteiger partial charge on any atom is -0.355 e. The Kier molecular flexibility index (Phi) is 6.18. The number of amides is 1. The third kappa shape index (κ3) is 4.02. The zero-order chi connectivity index (χ0) is 19.4. The second-order valence-corrected chi connectivity index (χ2v) is 9.19. The number of rotatable bonds is 5. The monoisotopic (exact) mass is 405 g/mol. The van der Waals surface area contributed by atoms with E-state index in [0.717, 1.165) is 17.7 Å². The first-order valence-electron chi connectivity index (χ1n) is 8.81. The van der Waals surface area contributed by atoms with Gasteiger partial charge < -0.3 is 5.32 Å². The SMILES string of the molecule is CSc1cccc(S(=O)(=O)N(C)[C@@H]2CCCCNC2=O)c1-c1ccccn1. The van der Waals surface area contributed by atoms with Crippen molar-refractivity contribution in [3.8, 4) is 11.3 Å². The van der Waals surface area contributed by atoms with Gasteiger partial charge in [0.05, 0.1) is 10.6 Å². The molecule has 3 rings (SSSR count). The van der Waals surface area contributed by atoms with Crippen LogP contribution in [-0.2, 0) is 14.8 Å². The van der Waals surface area contributed by atoms with Crippen molar-refractivity contribution in [2.75, 3.05) is 19.8 Å². The average Bonchev–Trinajstić information content (AvgIpc) is 2.91. The molecule has 1 aromatic carbocycles. The predicted molar refractivity (Wildman–Crippen MR) is 107 cm³/mol. The molecule has 0 unspecified atom stereocenters. The molecule has 1 aromatic heterocycles. The first kappa shape index (κ1) is 19.9. The van der Waals surface area contributed by atoms with Gasteiger partial charge in [-0.1, -0.05) is 12.1 Å². The molecule has 6 nitrogen and oxygen atoms in total. The average molecular weight is 406 g/mol. The van der Waals surface area contributed by atoms with Gasteiger partial charge in [-0.3, -0.25) is 9.78 Å². The number of aromatic nitrogens is 1. The molecule has 0 aliphatic carbocycles. The summed E-state index contributed by atoms with van der Waals surface area (Å²) < 4.78 is 28.1. The number of benzene rings is 1. The van der Waals surface area contributed by atoms with Crippen LogP contribution in [-0.4, -0.2) is 49.5 Å². The highest BCUT2D eigenvalue weighted by atomic mass is 32.2. The largest absolute Gasteiger partial charge is 0.355 e. The summed E-state index contributed by atoms with van der Waals surface area (Å²) in [5.41, 5.74) is 1.17. The normalized spacial score (nSPS) is 18.2. The summed E-state index contributed by atoms with van der Waals surface area (Å²) in [4.78, 5) is 17.7. The van der Waals surface area contributed by atoms with Gasteiger partial charge in [0.25, 0.3) is 0 Å². The van der Waals surface area contributed by atoms with E-state index in [1.54, 1.807) is 30.5 Å². The van der Waals surface area contributed by atoms with Crippen LogP contribution in [0.2, 0.25) is 0 Å². The zero-order valence-corrected chi connectivity index (χ0v) is 17.0. The van der Waals surface area contributed by atoms with E-state index >= 15 is 0 Å². The van der Waals surface area contributed by atoms with Gasteiger partial charge >= 0.3 is 0 Å². The van der Waals surface area contributed by atoms with Gasteiger partial charge in [0.1, 0.15) is 6.04 Å². The Morgan fingerprint density at radius 3 is 2.70 bits per heavy atom. The first-order chi connectivity index (χ1) is 13.0. The number of carbonyl (C=O) groups excluding carboxylic acids is 1. The molecule has 1 fully saturated rings. The molecule has 144 valence electrons. The van der Waals surface area contributed by atoms with Crippen molar-refractivity contribution in [1.82, 2.24) is 14.6 Å². The first-order valence-corrected chi connectivity index (χ1v) is 11.5. The molecule has 2 heterocycles. The number of hydrogen-bond donors (Lipinski definition) is 1. The van der Waals surface area contributed by atoms with E-state index in [-0.39, 0.29) is 10.8 Å². The van der Waals surface area contributed by atoms with E-state index in [9.17, 15) is 13.2 Å². The third-order valence-corrected chi connectivity index (χ3v) is 7.42. The molecule has 27 heavy (non-hydrogen) atoms. The van der Waals surface area contributed by atoms with E-state index in [2.05, 4.69) is 10.3 Å². The van der Waals surface area contributed by atoms with Crippen molar-refractivity contribution >= 4 is 27.7 Å². The summed E-state index contributed by atoms with van der Waals surface area (Å²) in [6.45, 7) is 0.588. The molecule has 2 aromatic rings. The Bertz CT molecular complexity index is 917. The molecule has 1 aliphatic rings. The van der Waals surface area contributed by atoms with Gasteiger partial charge in [0.15, 0.2) is 0 Å². The van der Waals surface area contributed by atoms with Gasteiger partial charge in [-0.05, 0) is 49.8 Å². The van der Waals surface area contributed by atoms with Gasteiger partial charge in [-0.15, -0.1) is 11.8 Å². The van der Waals surface area contributed by atoms with Crippen molar-refractivity contribution in [1.29, 1.82) is 0 Å². The minimum atomic E-state index is -3.88. The predicted octanol–water partition coefficient (Wildman–Crippen LogP) is 2.76. The smallest absolute Gasteiger partial charge is 0.244 e. The highest BCUT2D eigenvalue weighted by Gasteiger charge is 2.35. The molecule has 1 amide bonds. The van der Waals surface area contributed by atoms with E-state index in [4.69, 9.17) is 0 Å². The Morgan fingerprint density at radius 2 is 2.00 bits per heavy atom. The van der Waals surface area contributed by atoms with Crippen LogP contribution in [0.1, 0.15) is 19.3 Å². The number of nitrogens with one attached hydrogen (secondary N) is 1. The van der Waals surface area contributed by atoms with E-state index < -0.39 is 16.1 Å². The standard InChI is InChI=1S/C19H23N3O3S2/c1-22(15-9-4-6-13-21-19(15)23)27(24,25)17-11-7-10-16(26-2)18(17)14-8-3-5-12-20-14/h3,5,7-8,10-12,15H,4,6,9,13H2,1-2H3,(H,21,23)/t15-/m1/s1. The van der Waals surface area contributed by atoms with Crippen LogP contribution in [0.3, 0.4) is 0 Å². The molecule has 0 bridgehead atoms. The van der Waals surface area contributed by atoms with Gasteiger partial charge in [-0.25, -0.2) is 8.42 Å². The Morgan fingerprint density at radius 1 is 1.19 bits per heavy atom. The highest BCUT2D eigenvalue weighted by molar-refractivity contribution is 7.98. The lowest BCUT2D eigenvalue weighted by molar-refractivity contribution is -0.124. The van der Waals surface area contributed by atoms with Crippen molar-refractivity contribution in [2.24, 2.45) is 0 Å². The fraction of sp³-hybridized carbons (Fsp3) is 0.368. The molecular weight excluding hydrogens is 382 g/mol. The van der Waals surface area contributed by atoms with Crippen LogP contribution in [0.4, 0.5) is 0 Å². The fourth-order valence-electron chi connectivity index (χ4n) is 3.25. The minimum absolute atomic E-state index is 0.174. The van der Waals surface area contributed by atoms with Gasteiger partial charge in [0, 0.05) is 30.2 Å². The summed E-state index contributed by atoms with van der Waals surface area (Å²) in [6.07, 6.45) is 5.73. The summed E-state index contributed by atoms with van der Waals surface area (Å²) >= 11 is 1.47. The summed E-state index contributed by atoms with van der Waals surface area (Å²) in [7, 11) is -2.39. The molecule has 1 saturated heterocycles. The van der Waals surface area contributed by atoms with Crippen LogP contribution in [0.25, 0.3) is 11.3 Å². The number of nitrogens with zero attached hydrogens (tertiary/aromatic N) is 2. The van der Waals surface area contributed by atoms with Crippen molar-refractivity contribution in [3.63, 3.8) is 0 Å². The number of hydrogen-bond acceptors (Lipinski definition) is 5. The van der Waals surface area contributed by atoms with E-state index in [0.29, 0.717) is 24.2 Å². The highest BCUT2D eigenvalue weighted by Crippen LogP contribution is 2.36. The Hall–Kier alpha value is -1.90. The maximum atomic E-state index is 13.5. The molecule has 0 saturated carbocycles. The molecule has 1 atom stereocenters. The zero-order valence-electron chi connectivity index (χ0n) is 15.4. The third-order valence-electron chi connectivity index (χ3n) is 4.73. The van der Waals surface area contributed by atoms with Crippen LogP contribution in [0.15, 0.2) is 52.4 Å². The van der Waals surface area contributed by atoms with Crippen LogP contribution in [0.5, 0.6) is 0 Å². The maximum Gasteiger partial charge on any atom is 0.244 e. The van der Waals surface area contributed by atoms with E-state index in [1.165, 1.54) is 23.1 Å². The number of likely N-dealkylation sites (N-methyl/N-ethyl adjacent to an activating group) is 1. The lowest BCUT2D eigenvalue weighted by Gasteiger charge is -2.26. The molecular formula is C19H23N3O3S2. The number of carbonyl (C=O) groups is 1. The molecule has 8 heteroatoms. The van der Waals surface area contributed by atoms with Crippen molar-refractivity contribution in [2.45, 2.75) is 35.1 Å². The van der Waals surface area contributed by atoms with Crippen molar-refractivity contribution < 1.29 is 13.2 Å². The summed E-state index contributed by atoms with van der Waals surface area (Å²) in [5.74, 6) is -0.237. The molecule has 0 radical (unpaired) electrons. The number of pyridine rings is 1. The Labute approximate surface area is 164 Å². The van der Waals surface area contributed by atoms with Crippen LogP contribution in [0, 0.1) is 0 Å². The second-order valence-electron chi connectivity index (χ2n) is 6.37. The lowest BCUT2D eigenvalue weighted by Crippen LogP contribution is -2.46. The topological polar surface area (TPSA) is 79.4 Å². The number of sulfonamides is 1. The van der Waals surface area contributed by atoms with Crippen LogP contribution >= 0.6 is 11.8 Å². The number of thioether (sulfide) groups is 1. The maximum absolute atomic E-state index is 13.5. The Balaban J connectivity index is 2.10. The van der Waals surface area contributed by atoms with Gasteiger partial charge in [-0.2, -0.15) is 4.31 Å². The lowest BCUT2D eigenvalue weighted by atomic mass is 10.1. The second kappa shape index (κ2) is 8.41. The molecule has 0 spiro atoms. The van der Waals surface area contributed by atoms with E-state index in [1.807, 2.05) is 18.4 Å². The molecule has 1 N–H and O–H groups in total. The van der Waals surface area contributed by atoms with Crippen molar-refractivity contribution in [3.05, 3.63) is 42.6 Å². The van der Waals surface area contributed by atoms with Crippen LogP contribution < -0.4 is 5.32 Å². The molecule has 1 aliphatic heterocycles. The quantitative estimate of drug-likeness (QED) is 0.774. The fourth-order valence-corrected chi connectivity index (χ4v) is 5.52. The van der Waals surface area contributed by atoms with Gasteiger partial charge in [0.2, 0.25) is 15.9 Å². The summed E-state index contributed by atoms with van der Waals surface area (Å²) in [6, 6.07) is 9.92.